The SMILES string of the molecule is CCS#N. The van der Waals surface area contributed by atoms with Crippen molar-refractivity contribution in [3.05, 3.63) is 0 Å². The number of hydrogen-bond acceptors (Lipinski definition) is 1. The molecule has 0 aromatic heterocycles. The van der Waals surface area contributed by atoms with Gasteiger partial charge in [-0.2, -0.15) is 4.61 Å². The van der Waals surface area contributed by atoms with Crippen molar-refractivity contribution in [3.63, 3.8) is 0 Å². The van der Waals surface area contributed by atoms with Gasteiger partial charge in [-0.15, -0.1) is 0 Å². The van der Waals surface area contributed by atoms with Gasteiger partial charge in [0, 0.05) is 17.1 Å². The number of nitrogens with zero attached hydrogens (tertiary/aromatic N) is 1. The number of rotatable bonds is 0. The lowest BCUT2D eigenvalue weighted by molar-refractivity contribution is 1.52. The van der Waals surface area contributed by atoms with Crippen molar-refractivity contribution in [1.82, 2.24) is 0 Å². The van der Waals surface area contributed by atoms with Gasteiger partial charge in [-0.3, -0.25) is 0 Å². The lowest BCUT2D eigenvalue weighted by Crippen LogP contribution is -1.40. The molecule has 0 aromatic carbocycles. The summed E-state index contributed by atoms with van der Waals surface area (Å²) in [5.41, 5.74) is 0. The second kappa shape index (κ2) is 2.93. The monoisotopic (exact) mass is 75.0 g/mol. The van der Waals surface area contributed by atoms with E-state index in [9.17, 15) is 0 Å². The Morgan fingerprint density at radius 1 is 2.00 bits per heavy atom. The molecule has 1 nitrogen and oxygen atoms in total. The zero-order valence-corrected chi connectivity index (χ0v) is 3.38. The van der Waals surface area contributed by atoms with Crippen molar-refractivity contribution in [2.24, 2.45) is 0 Å². The fraction of sp³-hybridized carbons (Fsp3) is 1.00. The second-order valence-electron chi connectivity index (χ2n) is 0.418. The van der Waals surface area contributed by atoms with E-state index in [0.717, 1.165) is 17.1 Å². The van der Waals surface area contributed by atoms with Gasteiger partial charge in [-0.1, -0.05) is 6.92 Å². The highest BCUT2D eigenvalue weighted by molar-refractivity contribution is 7.85. The first kappa shape index (κ1) is 3.93. The largest absolute Gasteiger partial charge is 0.178 e. The fourth-order valence-electron chi connectivity index (χ4n) is 0. The molecule has 0 amide bonds. The zero-order valence-electron chi connectivity index (χ0n) is 2.56. The van der Waals surface area contributed by atoms with E-state index < -0.39 is 0 Å². The van der Waals surface area contributed by atoms with Crippen LogP contribution in [0.5, 0.6) is 0 Å². The van der Waals surface area contributed by atoms with Crippen LogP contribution in [-0.2, 0) is 0 Å². The Balaban J connectivity index is 2.43. The average Bonchev–Trinajstić information content (AvgIpc) is 1.37. The van der Waals surface area contributed by atoms with E-state index >= 15 is 0 Å². The Hall–Kier alpha value is -0.0700. The van der Waals surface area contributed by atoms with Gasteiger partial charge in [0.2, 0.25) is 0 Å². The second-order valence-corrected chi connectivity index (χ2v) is 1.25. The van der Waals surface area contributed by atoms with Gasteiger partial charge in [-0.25, -0.2) is 0 Å². The lowest BCUT2D eigenvalue weighted by Gasteiger charge is -1.47. The van der Waals surface area contributed by atoms with Gasteiger partial charge >= 0.3 is 0 Å². The van der Waals surface area contributed by atoms with Crippen LogP contribution >= 0.6 is 11.4 Å². The molecule has 0 radical (unpaired) electrons. The molecule has 0 aromatic rings. The molecule has 0 saturated heterocycles. The molecule has 0 unspecified atom stereocenters. The first-order valence-corrected chi connectivity index (χ1v) is 2.12. The van der Waals surface area contributed by atoms with Crippen LogP contribution in [0.25, 0.3) is 0 Å². The van der Waals surface area contributed by atoms with E-state index in [1.165, 1.54) is 0 Å². The van der Waals surface area contributed by atoms with Crippen LogP contribution in [0.3, 0.4) is 0 Å². The Bertz CT molecular complexity index is 35.8. The molecular weight excluding hydrogens is 70.1 g/mol. The topological polar surface area (TPSA) is 23.8 Å². The maximum atomic E-state index is 7.79. The maximum Gasteiger partial charge on any atom is 0.0400 e. The third-order valence-corrected chi connectivity index (χ3v) is 0.387. The van der Waals surface area contributed by atoms with E-state index in [1.807, 2.05) is 6.92 Å². The summed E-state index contributed by atoms with van der Waals surface area (Å²) >= 11 is 0.856. The first-order valence-electron chi connectivity index (χ1n) is 1.18. The van der Waals surface area contributed by atoms with E-state index in [4.69, 9.17) is 4.61 Å². The van der Waals surface area contributed by atoms with Crippen LogP contribution in [0.2, 0.25) is 0 Å². The highest BCUT2D eigenvalue weighted by Gasteiger charge is 1.49. The van der Waals surface area contributed by atoms with Gasteiger partial charge in [0.15, 0.2) is 0 Å². The molecule has 0 spiro atoms. The molecule has 2 heteroatoms. The maximum absolute atomic E-state index is 7.79. The summed E-state index contributed by atoms with van der Waals surface area (Å²) in [6.45, 7) is 1.89. The van der Waals surface area contributed by atoms with Crippen molar-refractivity contribution < 1.29 is 0 Å². The van der Waals surface area contributed by atoms with Crippen molar-refractivity contribution in [2.45, 2.75) is 6.92 Å². The van der Waals surface area contributed by atoms with Gasteiger partial charge in [0.1, 0.15) is 0 Å². The Morgan fingerprint density at radius 2 is 2.25 bits per heavy atom. The Morgan fingerprint density at radius 3 is 2.25 bits per heavy atom. The van der Waals surface area contributed by atoms with E-state index in [-0.39, 0.29) is 0 Å². The van der Waals surface area contributed by atoms with Gasteiger partial charge in [0.05, 0.1) is 0 Å². The third-order valence-electron chi connectivity index (χ3n) is 0.129. The molecular formula is C2H5NS. The highest BCUT2D eigenvalue weighted by Crippen LogP contribution is 1.67. The molecule has 4 heavy (non-hydrogen) atoms. The zero-order chi connectivity index (χ0) is 3.41. The first-order chi connectivity index (χ1) is 1.91. The highest BCUT2D eigenvalue weighted by atomic mass is 32.1. The molecule has 0 heterocycles. The Labute approximate surface area is 29.6 Å². The molecule has 0 atom stereocenters. The summed E-state index contributed by atoms with van der Waals surface area (Å²) in [6, 6.07) is 0. The molecule has 0 saturated carbocycles. The lowest BCUT2D eigenvalue weighted by atomic mass is 11.0. The van der Waals surface area contributed by atoms with Crippen LogP contribution in [0, 0.1) is 4.61 Å². The number of hydrogen-bond donors (Lipinski definition) is 0. The third kappa shape index (κ3) is 1.93. The predicted octanol–water partition coefficient (Wildman–Crippen LogP) is 1.22. The molecule has 0 aliphatic heterocycles. The minimum Gasteiger partial charge on any atom is -0.178 e. The van der Waals surface area contributed by atoms with E-state index in [0.29, 0.717) is 0 Å². The quantitative estimate of drug-likeness (QED) is 0.424. The molecule has 0 rings (SSSR count). The van der Waals surface area contributed by atoms with E-state index in [1.54, 1.807) is 0 Å². The van der Waals surface area contributed by atoms with Crippen molar-refractivity contribution >= 4 is 11.4 Å². The van der Waals surface area contributed by atoms with Crippen LogP contribution < -0.4 is 0 Å². The summed E-state index contributed by atoms with van der Waals surface area (Å²) in [7, 11) is 0. The van der Waals surface area contributed by atoms with Crippen molar-refractivity contribution in [1.29, 1.82) is 4.61 Å². The normalized spacial score (nSPS) is 6.00. The minimum atomic E-state index is 0.792. The minimum absolute atomic E-state index is 0.792. The van der Waals surface area contributed by atoms with Crippen LogP contribution in [-0.4, -0.2) is 5.75 Å². The van der Waals surface area contributed by atoms with Gasteiger partial charge in [-0.05, 0) is 0 Å². The molecule has 0 aliphatic rings. The summed E-state index contributed by atoms with van der Waals surface area (Å²) in [5, 5.41) is 0. The van der Waals surface area contributed by atoms with Gasteiger partial charge in [0.25, 0.3) is 0 Å². The molecule has 0 N–H and O–H groups in total. The van der Waals surface area contributed by atoms with Crippen molar-refractivity contribution in [3.8, 4) is 0 Å². The van der Waals surface area contributed by atoms with Crippen LogP contribution in [0.15, 0.2) is 0 Å². The van der Waals surface area contributed by atoms with Gasteiger partial charge < -0.3 is 0 Å². The van der Waals surface area contributed by atoms with Crippen LogP contribution in [0.4, 0.5) is 0 Å². The average molecular weight is 75.1 g/mol. The molecule has 0 fully saturated rings. The molecule has 0 aliphatic carbocycles. The van der Waals surface area contributed by atoms with Crippen LogP contribution in [0.1, 0.15) is 6.92 Å². The standard InChI is InChI=1S/C2H5NS/c1-2-4-3/h2H2,1H3. The fourth-order valence-corrected chi connectivity index (χ4v) is 0. The summed E-state index contributed by atoms with van der Waals surface area (Å²) in [4.78, 5) is 0. The summed E-state index contributed by atoms with van der Waals surface area (Å²) < 4.78 is 7.79. The van der Waals surface area contributed by atoms with E-state index in [2.05, 4.69) is 0 Å². The molecule has 24 valence electrons. The summed E-state index contributed by atoms with van der Waals surface area (Å²) in [5.74, 6) is 0.792. The van der Waals surface area contributed by atoms with Crippen molar-refractivity contribution in [2.75, 3.05) is 5.75 Å². The molecule has 0 bridgehead atoms. The summed E-state index contributed by atoms with van der Waals surface area (Å²) in [6.07, 6.45) is 0. The smallest absolute Gasteiger partial charge is 0.0400 e. The predicted molar refractivity (Wildman–Crippen MR) is 19.9 cm³/mol. The Kier molecular flexibility index (Phi) is 2.88.